The fourth-order valence-corrected chi connectivity index (χ4v) is 6.87. The Morgan fingerprint density at radius 3 is 2.43 bits per heavy atom. The average molecular weight is 745 g/mol. The lowest BCUT2D eigenvalue weighted by Gasteiger charge is -2.25. The van der Waals surface area contributed by atoms with E-state index >= 15 is 0 Å². The van der Waals surface area contributed by atoms with E-state index in [1.54, 1.807) is 69.3 Å². The largest absolute Gasteiger partial charge is 0.490 e. The van der Waals surface area contributed by atoms with E-state index < -0.39 is 18.0 Å². The highest BCUT2D eigenvalue weighted by Crippen LogP contribution is 2.37. The molecule has 0 saturated carbocycles. The van der Waals surface area contributed by atoms with E-state index in [2.05, 4.69) is 11.6 Å². The number of methoxy groups -OCH3 is 1. The number of hydrogen-bond donors (Lipinski definition) is 0. The molecule has 0 amide bonds. The van der Waals surface area contributed by atoms with Crippen molar-refractivity contribution in [2.24, 2.45) is 4.99 Å². The Bertz CT molecular complexity index is 2220. The van der Waals surface area contributed by atoms with Gasteiger partial charge in [-0.15, -0.1) is 6.58 Å². The summed E-state index contributed by atoms with van der Waals surface area (Å²) in [6.45, 7) is 11.5. The molecule has 5 rings (SSSR count). The van der Waals surface area contributed by atoms with Crippen LogP contribution in [0.5, 0.6) is 23.0 Å². The van der Waals surface area contributed by atoms with Crippen LogP contribution in [0.1, 0.15) is 56.0 Å². The first-order chi connectivity index (χ1) is 25.6. The van der Waals surface area contributed by atoms with Gasteiger partial charge < -0.3 is 28.4 Å². The van der Waals surface area contributed by atoms with E-state index in [9.17, 15) is 18.8 Å². The van der Waals surface area contributed by atoms with Crippen LogP contribution in [0.25, 0.3) is 6.08 Å². The minimum Gasteiger partial charge on any atom is -0.490 e. The van der Waals surface area contributed by atoms with Gasteiger partial charge in [0.2, 0.25) is 0 Å². The van der Waals surface area contributed by atoms with Gasteiger partial charge in [0.25, 0.3) is 5.56 Å². The molecule has 3 aromatic carbocycles. The number of esters is 2. The number of thiazole rings is 1. The second-order valence-electron chi connectivity index (χ2n) is 11.7. The summed E-state index contributed by atoms with van der Waals surface area (Å²) in [6, 6.07) is 13.9. The van der Waals surface area contributed by atoms with Gasteiger partial charge in [0, 0.05) is 5.56 Å². The van der Waals surface area contributed by atoms with Crippen molar-refractivity contribution >= 4 is 29.4 Å². The van der Waals surface area contributed by atoms with Crippen molar-refractivity contribution in [2.45, 2.75) is 46.8 Å². The number of fused-ring (bicyclic) bond motifs is 1. The molecule has 53 heavy (non-hydrogen) atoms. The molecule has 0 saturated heterocycles. The SMILES string of the molecule is C=CCc1cc(/C=c2\sc3n(c2=O)[C@H](c2ccc(OCC(=O)OC)c(OCC)c2)C(C(=O)OCC)=C(C)N=3)cc(OCC)c1OCc1cccc(F)c1. The maximum Gasteiger partial charge on any atom is 0.343 e. The van der Waals surface area contributed by atoms with E-state index in [1.165, 1.54) is 35.1 Å². The summed E-state index contributed by atoms with van der Waals surface area (Å²) in [4.78, 5) is 44.7. The highest BCUT2D eigenvalue weighted by molar-refractivity contribution is 7.07. The highest BCUT2D eigenvalue weighted by atomic mass is 32.1. The number of benzene rings is 3. The molecule has 4 aromatic rings. The lowest BCUT2D eigenvalue weighted by atomic mass is 9.95. The number of ether oxygens (including phenoxy) is 6. The second-order valence-corrected chi connectivity index (χ2v) is 12.7. The molecule has 2 heterocycles. The fourth-order valence-electron chi connectivity index (χ4n) is 5.82. The Hall–Kier alpha value is -5.69. The van der Waals surface area contributed by atoms with Gasteiger partial charge in [-0.1, -0.05) is 35.6 Å². The Morgan fingerprint density at radius 1 is 0.962 bits per heavy atom. The molecule has 0 bridgehead atoms. The smallest absolute Gasteiger partial charge is 0.343 e. The van der Waals surface area contributed by atoms with E-state index in [1.807, 2.05) is 13.0 Å². The van der Waals surface area contributed by atoms with E-state index in [0.717, 1.165) is 5.56 Å². The molecular formula is C40H41FN2O9S. The number of nitrogens with zero attached hydrogens (tertiary/aromatic N) is 2. The predicted molar refractivity (Wildman–Crippen MR) is 198 cm³/mol. The minimum absolute atomic E-state index is 0.117. The molecule has 1 aliphatic heterocycles. The molecule has 278 valence electrons. The van der Waals surface area contributed by atoms with Crippen LogP contribution in [0, 0.1) is 5.82 Å². The lowest BCUT2D eigenvalue weighted by Crippen LogP contribution is -2.40. The molecule has 0 fully saturated rings. The first kappa shape index (κ1) is 38.5. The van der Waals surface area contributed by atoms with Crippen molar-refractivity contribution in [3.63, 3.8) is 0 Å². The van der Waals surface area contributed by atoms with E-state index in [-0.39, 0.29) is 49.1 Å². The van der Waals surface area contributed by atoms with Crippen LogP contribution in [-0.4, -0.2) is 50.0 Å². The maximum atomic E-state index is 14.4. The third-order valence-electron chi connectivity index (χ3n) is 8.06. The summed E-state index contributed by atoms with van der Waals surface area (Å²) < 4.78 is 49.5. The van der Waals surface area contributed by atoms with Crippen molar-refractivity contribution in [2.75, 3.05) is 33.5 Å². The van der Waals surface area contributed by atoms with Crippen LogP contribution in [0.3, 0.4) is 0 Å². The molecule has 1 aromatic heterocycles. The molecule has 1 aliphatic rings. The summed E-state index contributed by atoms with van der Waals surface area (Å²) >= 11 is 1.18. The Labute approximate surface area is 310 Å². The monoisotopic (exact) mass is 744 g/mol. The van der Waals surface area contributed by atoms with Crippen LogP contribution in [-0.2, 0) is 32.1 Å². The molecule has 1 atom stereocenters. The predicted octanol–water partition coefficient (Wildman–Crippen LogP) is 5.59. The molecule has 13 heteroatoms. The van der Waals surface area contributed by atoms with Crippen LogP contribution in [0.15, 0.2) is 88.3 Å². The molecular weight excluding hydrogens is 704 g/mol. The van der Waals surface area contributed by atoms with Gasteiger partial charge in [0.15, 0.2) is 34.4 Å². The number of carbonyl (C=O) groups is 2. The van der Waals surface area contributed by atoms with Crippen molar-refractivity contribution < 1.29 is 42.4 Å². The van der Waals surface area contributed by atoms with Crippen LogP contribution in [0.4, 0.5) is 4.39 Å². The topological polar surface area (TPSA) is 124 Å². The molecule has 0 N–H and O–H groups in total. The molecule has 0 spiro atoms. The van der Waals surface area contributed by atoms with Crippen molar-refractivity contribution in [1.82, 2.24) is 4.57 Å². The fraction of sp³-hybridized carbons (Fsp3) is 0.300. The Kier molecular flexibility index (Phi) is 12.9. The van der Waals surface area contributed by atoms with Gasteiger partial charge in [-0.25, -0.2) is 19.0 Å². The van der Waals surface area contributed by atoms with Crippen LogP contribution >= 0.6 is 11.3 Å². The number of hydrogen-bond acceptors (Lipinski definition) is 11. The number of allylic oxidation sites excluding steroid dienone is 2. The number of halogens is 1. The highest BCUT2D eigenvalue weighted by Gasteiger charge is 2.34. The molecule has 0 radical (unpaired) electrons. The molecule has 0 unspecified atom stereocenters. The zero-order chi connectivity index (χ0) is 38.1. The third kappa shape index (κ3) is 8.86. The first-order valence-electron chi connectivity index (χ1n) is 17.1. The standard InChI is InChI=1S/C40H41FN2O9S/c1-7-12-28-17-26(19-32(49-9-3)37(28)52-22-25-13-11-14-29(41)18-25)20-33-38(45)43-36(35(39(46)50-10-4)24(5)42-40(43)53-33)27-15-16-30(31(21-27)48-8-2)51-23-34(44)47-6/h7,11,13-21,36H,1,8-10,12,22-23H2,2-6H3/b33-20-/t36-/m1/s1. The number of rotatable bonds is 16. The average Bonchev–Trinajstić information content (AvgIpc) is 3.43. The summed E-state index contributed by atoms with van der Waals surface area (Å²) in [5.41, 5.74) is 2.84. The van der Waals surface area contributed by atoms with Crippen LogP contribution < -0.4 is 33.8 Å². The zero-order valence-corrected chi connectivity index (χ0v) is 31.0. The zero-order valence-electron chi connectivity index (χ0n) is 30.2. The summed E-state index contributed by atoms with van der Waals surface area (Å²) in [5, 5.41) is 0. The van der Waals surface area contributed by atoms with Crippen molar-refractivity contribution in [3.8, 4) is 23.0 Å². The molecule has 11 nitrogen and oxygen atoms in total. The Balaban J connectivity index is 1.63. The van der Waals surface area contributed by atoms with Gasteiger partial charge >= 0.3 is 11.9 Å². The van der Waals surface area contributed by atoms with Gasteiger partial charge in [-0.05, 0) is 93.3 Å². The minimum atomic E-state index is -0.921. The van der Waals surface area contributed by atoms with Crippen molar-refractivity contribution in [1.29, 1.82) is 0 Å². The quantitative estimate of drug-likeness (QED) is 0.107. The van der Waals surface area contributed by atoms with Gasteiger partial charge in [0.1, 0.15) is 12.4 Å². The summed E-state index contributed by atoms with van der Waals surface area (Å²) in [6.07, 6.45) is 3.91. The lowest BCUT2D eigenvalue weighted by molar-refractivity contribution is -0.143. The summed E-state index contributed by atoms with van der Waals surface area (Å²) in [7, 11) is 1.26. The van der Waals surface area contributed by atoms with Gasteiger partial charge in [-0.2, -0.15) is 0 Å². The van der Waals surface area contributed by atoms with Crippen molar-refractivity contribution in [3.05, 3.63) is 126 Å². The third-order valence-corrected chi connectivity index (χ3v) is 9.04. The normalized spacial score (nSPS) is 13.8. The summed E-state index contributed by atoms with van der Waals surface area (Å²) in [5.74, 6) is 0.0148. The number of aromatic nitrogens is 1. The Morgan fingerprint density at radius 2 is 1.74 bits per heavy atom. The van der Waals surface area contributed by atoms with Gasteiger partial charge in [0.05, 0.1) is 48.8 Å². The van der Waals surface area contributed by atoms with Gasteiger partial charge in [-0.3, -0.25) is 9.36 Å². The van der Waals surface area contributed by atoms with Crippen LogP contribution in [0.2, 0.25) is 0 Å². The van der Waals surface area contributed by atoms with E-state index in [0.29, 0.717) is 62.0 Å². The maximum absolute atomic E-state index is 14.4. The molecule has 0 aliphatic carbocycles. The second kappa shape index (κ2) is 17.7. The first-order valence-corrected chi connectivity index (χ1v) is 17.9. The number of carbonyl (C=O) groups excluding carboxylic acids is 2. The van der Waals surface area contributed by atoms with E-state index in [4.69, 9.17) is 28.4 Å².